The molecule has 1 unspecified atom stereocenters. The Bertz CT molecular complexity index is 2110. The zero-order valence-electron chi connectivity index (χ0n) is 26.4. The van der Waals surface area contributed by atoms with Crippen molar-refractivity contribution in [1.82, 2.24) is 34.6 Å². The summed E-state index contributed by atoms with van der Waals surface area (Å²) < 4.78 is 50.4. The molecule has 0 saturated heterocycles. The number of ether oxygens (including phenoxy) is 2. The minimum Gasteiger partial charge on any atom is -0.489 e. The number of carbonyl (C=O) groups is 2. The molecule has 17 heteroatoms. The average Bonchev–Trinajstić information content (AvgIpc) is 3.48. The molecule has 0 saturated carbocycles. The van der Waals surface area contributed by atoms with Gasteiger partial charge in [0.05, 0.1) is 17.0 Å². The van der Waals surface area contributed by atoms with Gasteiger partial charge in [-0.15, -0.1) is 0 Å². The number of esters is 1. The molecule has 0 aliphatic carbocycles. The molecule has 0 aliphatic rings. The molecule has 4 aromatic heterocycles. The molecule has 13 nitrogen and oxygen atoms in total. The first-order chi connectivity index (χ1) is 23.2. The summed E-state index contributed by atoms with van der Waals surface area (Å²) in [5.41, 5.74) is 9.72. The molecule has 5 aromatic rings. The highest BCUT2D eigenvalue weighted by atomic mass is 35.5. The zero-order chi connectivity index (χ0) is 35.6. The van der Waals surface area contributed by atoms with Crippen molar-refractivity contribution in [1.29, 1.82) is 5.26 Å². The van der Waals surface area contributed by atoms with Gasteiger partial charge in [0, 0.05) is 60.0 Å². The first-order valence-electron chi connectivity index (χ1n) is 14.4. The number of nitriles is 1. The molecule has 5 rings (SSSR count). The van der Waals surface area contributed by atoms with Gasteiger partial charge in [0.15, 0.2) is 5.65 Å². The van der Waals surface area contributed by atoms with Crippen LogP contribution in [0.25, 0.3) is 33.4 Å². The third-order valence-corrected chi connectivity index (χ3v) is 7.84. The molecule has 2 N–H and O–H groups in total. The van der Waals surface area contributed by atoms with E-state index in [1.807, 2.05) is 6.07 Å². The maximum absolute atomic E-state index is 12.8. The number of nitrogens with two attached hydrogens (primary N) is 1. The summed E-state index contributed by atoms with van der Waals surface area (Å²) >= 11 is 6.78. The maximum atomic E-state index is 12.8. The van der Waals surface area contributed by atoms with E-state index in [4.69, 9.17) is 27.2 Å². The molecule has 0 aliphatic heterocycles. The van der Waals surface area contributed by atoms with Gasteiger partial charge in [-0.3, -0.25) is 14.8 Å². The standard InChI is InChI=1S/C32H27ClF3N9O4/c1-16-22(33)10-21(17(2)45-29-25(28(38)41-15-42-29)26(43-45)20-9-18(11-37)12-39-13-20)27(48-7-8-49-31(47)32(34,35)36)24(16)19-5-6-23(40-14-19)30(46)44(3)4/h5-6,9-10,12-15,17H,7-8H2,1-4H3,(H2,38,41,42). The van der Waals surface area contributed by atoms with E-state index in [0.717, 1.165) is 0 Å². The summed E-state index contributed by atoms with van der Waals surface area (Å²) in [5.74, 6) is -2.40. The van der Waals surface area contributed by atoms with E-state index in [1.165, 1.54) is 35.9 Å². The number of nitrogen functional groups attached to an aromatic ring is 1. The molecular formula is C32H27ClF3N9O4. The minimum atomic E-state index is -5.18. The smallest absolute Gasteiger partial charge is 0.489 e. The lowest BCUT2D eigenvalue weighted by Crippen LogP contribution is -2.27. The average molecular weight is 694 g/mol. The Kier molecular flexibility index (Phi) is 9.67. The summed E-state index contributed by atoms with van der Waals surface area (Å²) in [7, 11) is 3.17. The van der Waals surface area contributed by atoms with Crippen LogP contribution in [0.5, 0.6) is 5.75 Å². The summed E-state index contributed by atoms with van der Waals surface area (Å²) in [6, 6.07) is 7.67. The van der Waals surface area contributed by atoms with Crippen LogP contribution in [0.2, 0.25) is 5.02 Å². The molecule has 0 fully saturated rings. The molecule has 0 radical (unpaired) electrons. The second kappa shape index (κ2) is 13.7. The first kappa shape index (κ1) is 34.5. The van der Waals surface area contributed by atoms with E-state index in [-0.39, 0.29) is 28.7 Å². The van der Waals surface area contributed by atoms with Crippen molar-refractivity contribution in [2.24, 2.45) is 0 Å². The summed E-state index contributed by atoms with van der Waals surface area (Å²) in [4.78, 5) is 42.2. The third-order valence-electron chi connectivity index (χ3n) is 7.45. The van der Waals surface area contributed by atoms with Crippen molar-refractivity contribution < 1.29 is 32.2 Å². The number of rotatable bonds is 9. The van der Waals surface area contributed by atoms with Crippen LogP contribution in [0.3, 0.4) is 0 Å². The van der Waals surface area contributed by atoms with Gasteiger partial charge in [0.2, 0.25) is 0 Å². The van der Waals surface area contributed by atoms with Gasteiger partial charge in [0.1, 0.15) is 48.6 Å². The zero-order valence-corrected chi connectivity index (χ0v) is 27.2. The van der Waals surface area contributed by atoms with Crippen LogP contribution in [0, 0.1) is 18.3 Å². The highest BCUT2D eigenvalue weighted by molar-refractivity contribution is 6.32. The Morgan fingerprint density at radius 1 is 1.10 bits per heavy atom. The van der Waals surface area contributed by atoms with Gasteiger partial charge in [-0.2, -0.15) is 23.5 Å². The number of carbonyl (C=O) groups excluding carboxylic acids is 2. The lowest BCUT2D eigenvalue weighted by Gasteiger charge is -2.23. The highest BCUT2D eigenvalue weighted by Gasteiger charge is 2.41. The topological polar surface area (TPSA) is 175 Å². The minimum absolute atomic E-state index is 0.116. The Morgan fingerprint density at radius 3 is 2.51 bits per heavy atom. The van der Waals surface area contributed by atoms with Crippen molar-refractivity contribution in [3.8, 4) is 34.2 Å². The second-order valence-corrected chi connectivity index (χ2v) is 11.3. The number of hydrogen-bond donors (Lipinski definition) is 1. The van der Waals surface area contributed by atoms with E-state index in [0.29, 0.717) is 49.6 Å². The van der Waals surface area contributed by atoms with E-state index in [1.54, 1.807) is 50.8 Å². The van der Waals surface area contributed by atoms with Gasteiger partial charge in [0.25, 0.3) is 5.91 Å². The van der Waals surface area contributed by atoms with Crippen LogP contribution in [-0.2, 0) is 9.53 Å². The Labute approximate surface area is 282 Å². The maximum Gasteiger partial charge on any atom is 0.490 e. The summed E-state index contributed by atoms with van der Waals surface area (Å²) in [5, 5.41) is 14.9. The van der Waals surface area contributed by atoms with E-state index in [9.17, 15) is 28.0 Å². The van der Waals surface area contributed by atoms with Gasteiger partial charge in [-0.25, -0.2) is 19.4 Å². The SMILES string of the molecule is Cc1c(Cl)cc(C(C)n2nc(-c3cncc(C#N)c3)c3c(N)ncnc32)c(OCCOC(=O)C(F)(F)F)c1-c1ccc(C(=O)N(C)C)nc1. The Balaban J connectivity index is 1.67. The second-order valence-electron chi connectivity index (χ2n) is 10.9. The number of amides is 1. The lowest BCUT2D eigenvalue weighted by molar-refractivity contribution is -0.200. The predicted octanol–water partition coefficient (Wildman–Crippen LogP) is 5.16. The number of pyridine rings is 2. The Morgan fingerprint density at radius 2 is 1.86 bits per heavy atom. The van der Waals surface area contributed by atoms with Crippen LogP contribution in [0.4, 0.5) is 19.0 Å². The number of hydrogen-bond acceptors (Lipinski definition) is 11. The number of alkyl halides is 3. The van der Waals surface area contributed by atoms with E-state index >= 15 is 0 Å². The van der Waals surface area contributed by atoms with Crippen LogP contribution in [0.15, 0.2) is 49.2 Å². The molecule has 4 heterocycles. The molecule has 1 atom stereocenters. The van der Waals surface area contributed by atoms with Crippen LogP contribution >= 0.6 is 11.6 Å². The largest absolute Gasteiger partial charge is 0.490 e. The fraction of sp³-hybridized carbons (Fsp3) is 0.250. The van der Waals surface area contributed by atoms with Gasteiger partial charge < -0.3 is 20.1 Å². The molecule has 0 bridgehead atoms. The van der Waals surface area contributed by atoms with Crippen molar-refractivity contribution in [2.45, 2.75) is 26.1 Å². The number of nitrogens with zero attached hydrogens (tertiary/aromatic N) is 8. The summed E-state index contributed by atoms with van der Waals surface area (Å²) in [6.07, 6.45) is 0.446. The monoisotopic (exact) mass is 693 g/mol. The molecule has 1 amide bonds. The van der Waals surface area contributed by atoms with Crippen molar-refractivity contribution in [3.63, 3.8) is 0 Å². The molecular weight excluding hydrogens is 667 g/mol. The molecule has 49 heavy (non-hydrogen) atoms. The lowest BCUT2D eigenvalue weighted by atomic mass is 9.94. The van der Waals surface area contributed by atoms with Gasteiger partial charge in [-0.05, 0) is 37.6 Å². The first-order valence-corrected chi connectivity index (χ1v) is 14.8. The van der Waals surface area contributed by atoms with Gasteiger partial charge in [-0.1, -0.05) is 17.7 Å². The predicted molar refractivity (Wildman–Crippen MR) is 171 cm³/mol. The van der Waals surface area contributed by atoms with Crippen molar-refractivity contribution in [2.75, 3.05) is 33.0 Å². The Hall–Kier alpha value is -5.82. The van der Waals surface area contributed by atoms with Crippen LogP contribution < -0.4 is 10.5 Å². The van der Waals surface area contributed by atoms with E-state index < -0.39 is 31.4 Å². The number of benzene rings is 1. The summed E-state index contributed by atoms with van der Waals surface area (Å²) in [6.45, 7) is 2.29. The number of aromatic nitrogens is 6. The highest BCUT2D eigenvalue weighted by Crippen LogP contribution is 2.44. The molecule has 1 aromatic carbocycles. The molecule has 252 valence electrons. The third kappa shape index (κ3) is 6.92. The van der Waals surface area contributed by atoms with Crippen LogP contribution in [0.1, 0.15) is 40.1 Å². The number of fused-ring (bicyclic) bond motifs is 1. The quantitative estimate of drug-likeness (QED) is 0.159. The fourth-order valence-corrected chi connectivity index (χ4v) is 5.26. The van der Waals surface area contributed by atoms with Crippen molar-refractivity contribution in [3.05, 3.63) is 76.6 Å². The number of anilines is 1. The number of halogens is 4. The van der Waals surface area contributed by atoms with E-state index in [2.05, 4.69) is 24.7 Å². The van der Waals surface area contributed by atoms with Crippen LogP contribution in [-0.4, -0.2) is 80.0 Å². The van der Waals surface area contributed by atoms with Crippen molar-refractivity contribution >= 4 is 40.3 Å². The normalized spacial score (nSPS) is 12.0. The molecule has 0 spiro atoms. The van der Waals surface area contributed by atoms with Gasteiger partial charge >= 0.3 is 12.1 Å². The fourth-order valence-electron chi connectivity index (χ4n) is 5.04.